The number of aliphatic hydroxyl groups is 1. The zero-order chi connectivity index (χ0) is 24.4. The highest BCUT2D eigenvalue weighted by atomic mass is 19.4. The zero-order valence-electron chi connectivity index (χ0n) is 17.7. The molecule has 0 fully saturated rings. The summed E-state index contributed by atoms with van der Waals surface area (Å²) in [6, 6.07) is 9.40. The van der Waals surface area contributed by atoms with Gasteiger partial charge in [-0.15, -0.1) is 0 Å². The number of carbonyl (C=O) groups is 1. The van der Waals surface area contributed by atoms with Crippen molar-refractivity contribution >= 4 is 33.4 Å². The van der Waals surface area contributed by atoms with Crippen molar-refractivity contribution in [3.05, 3.63) is 77.6 Å². The second kappa shape index (κ2) is 7.68. The Kier molecular flexibility index (Phi) is 5.00. The fourth-order valence-corrected chi connectivity index (χ4v) is 4.64. The number of alkyl halides is 3. The monoisotopic (exact) mass is 469 g/mol. The Labute approximate surface area is 191 Å². The van der Waals surface area contributed by atoms with Gasteiger partial charge in [0, 0.05) is 39.6 Å². The average molecular weight is 469 g/mol. The highest BCUT2D eigenvalue weighted by Gasteiger charge is 2.31. The number of nitrogens with zero attached hydrogens (tertiary/aromatic N) is 1. The summed E-state index contributed by atoms with van der Waals surface area (Å²) < 4.78 is 55.3. The number of H-pyrrole nitrogens is 1. The van der Waals surface area contributed by atoms with Gasteiger partial charge in [0.25, 0.3) is 0 Å². The van der Waals surface area contributed by atoms with E-state index in [1.54, 1.807) is 23.1 Å². The van der Waals surface area contributed by atoms with Gasteiger partial charge < -0.3 is 20.7 Å². The summed E-state index contributed by atoms with van der Waals surface area (Å²) in [5.41, 5.74) is 7.26. The summed E-state index contributed by atoms with van der Waals surface area (Å²) in [5.74, 6) is -0.984. The number of carbonyl (C=O) groups excluding carboxylic acids is 1. The van der Waals surface area contributed by atoms with Crippen LogP contribution >= 0.6 is 0 Å². The topological polar surface area (TPSA) is 82.3 Å². The molecule has 1 unspecified atom stereocenters. The first-order valence-corrected chi connectivity index (χ1v) is 10.5. The number of halogens is 4. The lowest BCUT2D eigenvalue weighted by Gasteiger charge is -2.17. The Morgan fingerprint density at radius 1 is 1.21 bits per heavy atom. The standard InChI is InChI=1S/C25H19F4N3O2/c1-2-20(33)32-8-7-12-3-4-13(9-19(12)32)21-17(26)11-16(24(30)34)23-22(21)15-6-5-14(25(27,28)29)10-18(15)31-23/h2-6,9-11,24,31,34H,1,7-8,30H2. The molecular weight excluding hydrogens is 450 g/mol. The second-order valence-electron chi connectivity index (χ2n) is 8.19. The summed E-state index contributed by atoms with van der Waals surface area (Å²) in [7, 11) is 0. The van der Waals surface area contributed by atoms with Gasteiger partial charge in [-0.05, 0) is 47.9 Å². The summed E-state index contributed by atoms with van der Waals surface area (Å²) in [4.78, 5) is 16.7. The molecule has 4 N–H and O–H groups in total. The number of hydrogen-bond acceptors (Lipinski definition) is 3. The van der Waals surface area contributed by atoms with Crippen LogP contribution in [0, 0.1) is 5.82 Å². The number of aromatic nitrogens is 1. The summed E-state index contributed by atoms with van der Waals surface area (Å²) in [5, 5.41) is 10.7. The first-order valence-electron chi connectivity index (χ1n) is 10.5. The largest absolute Gasteiger partial charge is 0.416 e. The molecule has 0 radical (unpaired) electrons. The highest BCUT2D eigenvalue weighted by molar-refractivity contribution is 6.16. The molecule has 1 amide bonds. The van der Waals surface area contributed by atoms with Crippen molar-refractivity contribution in [2.75, 3.05) is 11.4 Å². The fraction of sp³-hybridized carbons (Fsp3) is 0.160. The third kappa shape index (κ3) is 3.36. The Bertz CT molecular complexity index is 1490. The van der Waals surface area contributed by atoms with Crippen molar-refractivity contribution in [3.63, 3.8) is 0 Å². The Morgan fingerprint density at radius 2 is 1.97 bits per heavy atom. The molecule has 1 aliphatic heterocycles. The summed E-state index contributed by atoms with van der Waals surface area (Å²) in [6.45, 7) is 3.99. The SMILES string of the molecule is C=CC(=O)N1CCc2ccc(-c3c(F)cc(C(N)O)c4[nH]c5cc(C(F)(F)F)ccc5c34)cc21. The molecule has 174 valence electrons. The number of nitrogens with two attached hydrogens (primary N) is 1. The van der Waals surface area contributed by atoms with Crippen LogP contribution in [0.2, 0.25) is 0 Å². The van der Waals surface area contributed by atoms with Crippen molar-refractivity contribution in [3.8, 4) is 11.1 Å². The van der Waals surface area contributed by atoms with E-state index in [0.717, 1.165) is 23.8 Å². The van der Waals surface area contributed by atoms with E-state index in [2.05, 4.69) is 11.6 Å². The van der Waals surface area contributed by atoms with Crippen LogP contribution in [0.5, 0.6) is 0 Å². The number of rotatable bonds is 3. The van der Waals surface area contributed by atoms with Crippen molar-refractivity contribution in [1.82, 2.24) is 4.98 Å². The van der Waals surface area contributed by atoms with Gasteiger partial charge in [-0.25, -0.2) is 4.39 Å². The van der Waals surface area contributed by atoms with E-state index in [4.69, 9.17) is 5.73 Å². The predicted molar refractivity (Wildman–Crippen MR) is 122 cm³/mol. The molecule has 1 aliphatic rings. The molecule has 34 heavy (non-hydrogen) atoms. The van der Waals surface area contributed by atoms with E-state index in [1.165, 1.54) is 12.1 Å². The lowest BCUT2D eigenvalue weighted by Crippen LogP contribution is -2.26. The van der Waals surface area contributed by atoms with Crippen LogP contribution < -0.4 is 10.6 Å². The third-order valence-electron chi connectivity index (χ3n) is 6.21. The van der Waals surface area contributed by atoms with Gasteiger partial charge in [0.15, 0.2) is 0 Å². The molecule has 0 bridgehead atoms. The third-order valence-corrected chi connectivity index (χ3v) is 6.21. The van der Waals surface area contributed by atoms with E-state index in [-0.39, 0.29) is 28.1 Å². The van der Waals surface area contributed by atoms with Crippen LogP contribution in [-0.4, -0.2) is 22.5 Å². The normalized spacial score (nSPS) is 14.6. The average Bonchev–Trinajstić information content (AvgIpc) is 3.38. The highest BCUT2D eigenvalue weighted by Crippen LogP contribution is 2.43. The van der Waals surface area contributed by atoms with Gasteiger partial charge >= 0.3 is 6.18 Å². The molecule has 0 saturated carbocycles. The predicted octanol–water partition coefficient (Wildman–Crippen LogP) is 5.17. The number of aliphatic hydroxyl groups excluding tert-OH is 1. The number of aromatic amines is 1. The summed E-state index contributed by atoms with van der Waals surface area (Å²) in [6.07, 6.45) is -4.27. The molecule has 1 aromatic heterocycles. The van der Waals surface area contributed by atoms with E-state index in [0.29, 0.717) is 35.0 Å². The first-order chi connectivity index (χ1) is 16.1. The van der Waals surface area contributed by atoms with Crippen molar-refractivity contribution in [2.45, 2.75) is 18.8 Å². The zero-order valence-corrected chi connectivity index (χ0v) is 17.7. The van der Waals surface area contributed by atoms with Crippen LogP contribution in [-0.2, 0) is 17.4 Å². The molecule has 4 aromatic rings. The number of nitrogens with one attached hydrogen (secondary N) is 1. The number of benzene rings is 3. The minimum Gasteiger partial charge on any atom is -0.374 e. The molecule has 0 saturated heterocycles. The number of fused-ring (bicyclic) bond motifs is 4. The molecule has 0 aliphatic carbocycles. The Balaban J connectivity index is 1.81. The molecule has 2 heterocycles. The van der Waals surface area contributed by atoms with E-state index in [9.17, 15) is 23.1 Å². The number of anilines is 1. The number of amides is 1. The van der Waals surface area contributed by atoms with E-state index >= 15 is 4.39 Å². The van der Waals surface area contributed by atoms with Crippen LogP contribution in [0.4, 0.5) is 23.2 Å². The molecule has 0 spiro atoms. The van der Waals surface area contributed by atoms with Gasteiger partial charge in [-0.3, -0.25) is 4.79 Å². The maximum absolute atomic E-state index is 15.5. The van der Waals surface area contributed by atoms with Gasteiger partial charge in [-0.2, -0.15) is 13.2 Å². The van der Waals surface area contributed by atoms with Crippen molar-refractivity contribution < 1.29 is 27.5 Å². The Morgan fingerprint density at radius 3 is 2.65 bits per heavy atom. The molecule has 5 nitrogen and oxygen atoms in total. The first kappa shape index (κ1) is 22.1. The summed E-state index contributed by atoms with van der Waals surface area (Å²) >= 11 is 0. The maximum Gasteiger partial charge on any atom is 0.416 e. The molecule has 5 rings (SSSR count). The second-order valence-corrected chi connectivity index (χ2v) is 8.19. The smallest absolute Gasteiger partial charge is 0.374 e. The molecular formula is C25H19F4N3O2. The van der Waals surface area contributed by atoms with E-state index in [1.807, 2.05) is 0 Å². The van der Waals surface area contributed by atoms with Gasteiger partial charge in [0.05, 0.1) is 11.1 Å². The van der Waals surface area contributed by atoms with Crippen LogP contribution in [0.25, 0.3) is 32.9 Å². The van der Waals surface area contributed by atoms with Gasteiger partial charge in [0.2, 0.25) is 5.91 Å². The van der Waals surface area contributed by atoms with Gasteiger partial charge in [0.1, 0.15) is 12.0 Å². The van der Waals surface area contributed by atoms with E-state index < -0.39 is 23.8 Å². The van der Waals surface area contributed by atoms with Crippen LogP contribution in [0.1, 0.15) is 22.9 Å². The maximum atomic E-state index is 15.5. The molecule has 9 heteroatoms. The Hall–Kier alpha value is -3.69. The minimum atomic E-state index is -4.56. The lowest BCUT2D eigenvalue weighted by atomic mass is 9.94. The van der Waals surface area contributed by atoms with Crippen molar-refractivity contribution in [2.24, 2.45) is 5.73 Å². The lowest BCUT2D eigenvalue weighted by molar-refractivity contribution is -0.137. The van der Waals surface area contributed by atoms with Gasteiger partial charge in [-0.1, -0.05) is 24.8 Å². The molecule has 3 aromatic carbocycles. The number of hydrogen-bond donors (Lipinski definition) is 3. The minimum absolute atomic E-state index is 0.0191. The van der Waals surface area contributed by atoms with Crippen molar-refractivity contribution in [1.29, 1.82) is 0 Å². The molecule has 1 atom stereocenters. The fourth-order valence-electron chi connectivity index (χ4n) is 4.64. The van der Waals surface area contributed by atoms with Crippen LogP contribution in [0.3, 0.4) is 0 Å². The quantitative estimate of drug-likeness (QED) is 0.220. The van der Waals surface area contributed by atoms with Crippen LogP contribution in [0.15, 0.2) is 55.1 Å².